The molecule has 3 aromatic rings. The lowest BCUT2D eigenvalue weighted by Crippen LogP contribution is -2.06. The molecular weight excluding hydrogens is 361 g/mol. The lowest BCUT2D eigenvalue weighted by atomic mass is 10.3. The van der Waals surface area contributed by atoms with E-state index in [2.05, 4.69) is 20.1 Å². The second-order valence-electron chi connectivity index (χ2n) is 6.22. The first-order valence-corrected chi connectivity index (χ1v) is 9.21. The second kappa shape index (κ2) is 8.73. The van der Waals surface area contributed by atoms with Gasteiger partial charge in [0.15, 0.2) is 5.65 Å². The Morgan fingerprint density at radius 3 is 2.79 bits per heavy atom. The minimum atomic E-state index is -0.612. The van der Waals surface area contributed by atoms with Crippen LogP contribution >= 0.6 is 0 Å². The second-order valence-corrected chi connectivity index (χ2v) is 6.22. The van der Waals surface area contributed by atoms with Crippen LogP contribution in [0, 0.1) is 6.92 Å². The Morgan fingerprint density at radius 1 is 1.29 bits per heavy atom. The van der Waals surface area contributed by atoms with Crippen LogP contribution in [0.3, 0.4) is 0 Å². The fourth-order valence-electron chi connectivity index (χ4n) is 2.86. The number of alkyl halides is 1. The summed E-state index contributed by atoms with van der Waals surface area (Å²) in [5.74, 6) is 0.696. The van der Waals surface area contributed by atoms with Crippen LogP contribution < -0.4 is 4.74 Å². The van der Waals surface area contributed by atoms with Crippen molar-refractivity contribution in [1.82, 2.24) is 29.3 Å². The highest BCUT2D eigenvalue weighted by molar-refractivity contribution is 5.78. The molecule has 0 radical (unpaired) electrons. The summed E-state index contributed by atoms with van der Waals surface area (Å²) in [6, 6.07) is 0.321. The molecule has 9 heteroatoms. The third-order valence-electron chi connectivity index (χ3n) is 4.17. The van der Waals surface area contributed by atoms with E-state index in [-0.39, 0.29) is 0 Å². The highest BCUT2D eigenvalue weighted by atomic mass is 19.1. The normalized spacial score (nSPS) is 12.4. The summed E-state index contributed by atoms with van der Waals surface area (Å²) in [6.45, 7) is 8.88. The molecule has 0 atom stereocenters. The molecule has 148 valence electrons. The van der Waals surface area contributed by atoms with E-state index in [1.165, 1.54) is 6.21 Å². The van der Waals surface area contributed by atoms with Crippen LogP contribution in [-0.4, -0.2) is 48.8 Å². The van der Waals surface area contributed by atoms with Gasteiger partial charge in [-0.1, -0.05) is 0 Å². The van der Waals surface area contributed by atoms with E-state index < -0.39 is 6.67 Å². The zero-order chi connectivity index (χ0) is 20.1. The number of imidazole rings is 1. The van der Waals surface area contributed by atoms with Crippen molar-refractivity contribution in [1.29, 1.82) is 0 Å². The summed E-state index contributed by atoms with van der Waals surface area (Å²) in [7, 11) is 0. The molecule has 0 aliphatic rings. The standard InChI is InChI=1S/C19H24FN7O/c1-5-26-11-15(10-22-26)12-27-17(13(3)9-21-8-7-20)24-16-14(4)23-19(28-6-2)25-18(16)27/h8-11H,5-7,12H2,1-4H3/b13-9+,21-8?. The number of allylic oxidation sites excluding steroid dienone is 1. The zero-order valence-corrected chi connectivity index (χ0v) is 16.6. The van der Waals surface area contributed by atoms with Gasteiger partial charge in [0.1, 0.15) is 18.0 Å². The molecule has 0 aliphatic heterocycles. The van der Waals surface area contributed by atoms with Gasteiger partial charge < -0.3 is 9.30 Å². The molecule has 3 aromatic heterocycles. The van der Waals surface area contributed by atoms with E-state index in [1.807, 2.05) is 49.3 Å². The highest BCUT2D eigenvalue weighted by Crippen LogP contribution is 2.25. The van der Waals surface area contributed by atoms with Crippen LogP contribution in [0.1, 0.15) is 37.9 Å². The summed E-state index contributed by atoms with van der Waals surface area (Å²) in [4.78, 5) is 17.7. The van der Waals surface area contributed by atoms with Gasteiger partial charge in [-0.2, -0.15) is 15.1 Å². The summed E-state index contributed by atoms with van der Waals surface area (Å²) in [6.07, 6.45) is 6.63. The van der Waals surface area contributed by atoms with Crippen molar-refractivity contribution in [3.63, 3.8) is 0 Å². The van der Waals surface area contributed by atoms with Crippen LogP contribution in [0.15, 0.2) is 23.6 Å². The molecule has 0 aliphatic carbocycles. The molecule has 8 nitrogen and oxygen atoms in total. The maximum Gasteiger partial charge on any atom is 0.318 e. The number of hydrogen-bond acceptors (Lipinski definition) is 6. The zero-order valence-electron chi connectivity index (χ0n) is 16.6. The van der Waals surface area contributed by atoms with E-state index in [4.69, 9.17) is 9.72 Å². The van der Waals surface area contributed by atoms with Gasteiger partial charge in [-0.25, -0.2) is 9.37 Å². The van der Waals surface area contributed by atoms with Crippen LogP contribution in [0.5, 0.6) is 6.01 Å². The first-order valence-electron chi connectivity index (χ1n) is 9.21. The summed E-state index contributed by atoms with van der Waals surface area (Å²) >= 11 is 0. The van der Waals surface area contributed by atoms with Crippen molar-refractivity contribution in [2.75, 3.05) is 13.3 Å². The average molecular weight is 385 g/mol. The molecule has 0 amide bonds. The molecule has 0 saturated carbocycles. The van der Waals surface area contributed by atoms with Crippen LogP contribution in [0.25, 0.3) is 16.7 Å². The predicted molar refractivity (Wildman–Crippen MR) is 106 cm³/mol. The van der Waals surface area contributed by atoms with E-state index in [0.29, 0.717) is 36.2 Å². The molecule has 3 heterocycles. The quantitative estimate of drug-likeness (QED) is 0.556. The number of ether oxygens (including phenoxy) is 1. The molecule has 0 fully saturated rings. The molecule has 0 unspecified atom stereocenters. The van der Waals surface area contributed by atoms with Gasteiger partial charge in [0.25, 0.3) is 0 Å². The number of aliphatic imine (C=N–C) groups is 1. The van der Waals surface area contributed by atoms with Crippen LogP contribution in [-0.2, 0) is 13.1 Å². The van der Waals surface area contributed by atoms with E-state index >= 15 is 0 Å². The van der Waals surface area contributed by atoms with Gasteiger partial charge in [0.05, 0.1) is 25.0 Å². The minimum Gasteiger partial charge on any atom is -0.464 e. The Bertz CT molecular complexity index is 1020. The van der Waals surface area contributed by atoms with E-state index in [0.717, 1.165) is 23.4 Å². The molecular formula is C19H24FN7O. The summed E-state index contributed by atoms with van der Waals surface area (Å²) in [5.41, 5.74) is 3.93. The average Bonchev–Trinajstić information content (AvgIpc) is 3.28. The predicted octanol–water partition coefficient (Wildman–Crippen LogP) is 3.20. The van der Waals surface area contributed by atoms with Crippen LogP contribution in [0.4, 0.5) is 4.39 Å². The van der Waals surface area contributed by atoms with Crippen molar-refractivity contribution in [2.24, 2.45) is 4.99 Å². The van der Waals surface area contributed by atoms with Crippen molar-refractivity contribution >= 4 is 23.0 Å². The molecule has 3 rings (SSSR count). The third-order valence-corrected chi connectivity index (χ3v) is 4.17. The van der Waals surface area contributed by atoms with Crippen molar-refractivity contribution in [2.45, 2.75) is 40.8 Å². The Morgan fingerprint density at radius 2 is 2.11 bits per heavy atom. The number of nitrogens with zero attached hydrogens (tertiary/aromatic N) is 7. The Balaban J connectivity index is 2.15. The lowest BCUT2D eigenvalue weighted by Gasteiger charge is -2.08. The first kappa shape index (κ1) is 19.7. The number of aryl methyl sites for hydroxylation is 2. The number of hydrogen-bond donors (Lipinski definition) is 0. The number of halogens is 1. The monoisotopic (exact) mass is 385 g/mol. The number of aromatic nitrogens is 6. The van der Waals surface area contributed by atoms with Gasteiger partial charge in [-0.05, 0) is 27.7 Å². The van der Waals surface area contributed by atoms with Crippen molar-refractivity contribution in [3.05, 3.63) is 35.7 Å². The fourth-order valence-corrected chi connectivity index (χ4v) is 2.86. The topological polar surface area (TPSA) is 83.0 Å². The van der Waals surface area contributed by atoms with Crippen LogP contribution in [0.2, 0.25) is 0 Å². The molecule has 28 heavy (non-hydrogen) atoms. The van der Waals surface area contributed by atoms with Gasteiger partial charge in [0, 0.05) is 36.3 Å². The van der Waals surface area contributed by atoms with Gasteiger partial charge >= 0.3 is 6.01 Å². The Kier molecular flexibility index (Phi) is 6.13. The third kappa shape index (κ3) is 4.08. The molecule has 0 bridgehead atoms. The van der Waals surface area contributed by atoms with E-state index in [1.54, 1.807) is 6.20 Å². The van der Waals surface area contributed by atoms with Gasteiger partial charge in [-0.15, -0.1) is 0 Å². The maximum atomic E-state index is 12.3. The van der Waals surface area contributed by atoms with Crippen molar-refractivity contribution < 1.29 is 9.13 Å². The fraction of sp³-hybridized carbons (Fsp3) is 0.421. The molecule has 0 N–H and O–H groups in total. The van der Waals surface area contributed by atoms with Gasteiger partial charge in [-0.3, -0.25) is 9.67 Å². The Hall–Kier alpha value is -3.10. The number of fused-ring (bicyclic) bond motifs is 1. The molecule has 0 saturated heterocycles. The van der Waals surface area contributed by atoms with Gasteiger partial charge in [0.2, 0.25) is 0 Å². The first-order chi connectivity index (χ1) is 13.6. The SMILES string of the molecule is CCOc1nc(C)c2nc(/C(C)=C/N=CCF)n(Cc3cnn(CC)c3)c2n1. The largest absolute Gasteiger partial charge is 0.464 e. The van der Waals surface area contributed by atoms with E-state index in [9.17, 15) is 4.39 Å². The Labute approximate surface area is 162 Å². The minimum absolute atomic E-state index is 0.321. The molecule has 0 aromatic carbocycles. The molecule has 0 spiro atoms. The summed E-state index contributed by atoms with van der Waals surface area (Å²) < 4.78 is 21.7. The highest BCUT2D eigenvalue weighted by Gasteiger charge is 2.18. The summed E-state index contributed by atoms with van der Waals surface area (Å²) in [5, 5.41) is 4.34. The smallest absolute Gasteiger partial charge is 0.318 e. The lowest BCUT2D eigenvalue weighted by molar-refractivity contribution is 0.313. The number of rotatable bonds is 8. The maximum absolute atomic E-state index is 12.3. The van der Waals surface area contributed by atoms with Crippen molar-refractivity contribution in [3.8, 4) is 6.01 Å².